The first-order valence-electron chi connectivity index (χ1n) is 6.24. The molecular weight excluding hydrogens is 254 g/mol. The third kappa shape index (κ3) is 3.06. The summed E-state index contributed by atoms with van der Waals surface area (Å²) in [6.45, 7) is 2.15. The summed E-state index contributed by atoms with van der Waals surface area (Å²) < 4.78 is 5.24. The fraction of sp³-hybridized carbons (Fsp3) is 0.200. The van der Waals surface area contributed by atoms with Crippen LogP contribution >= 0.6 is 0 Å². The smallest absolute Gasteiger partial charge is 0.253 e. The van der Waals surface area contributed by atoms with Crippen molar-refractivity contribution in [3.05, 3.63) is 53.3 Å². The molecule has 0 atom stereocenters. The Balaban J connectivity index is 2.11. The van der Waals surface area contributed by atoms with Gasteiger partial charge in [0.15, 0.2) is 0 Å². The summed E-state index contributed by atoms with van der Waals surface area (Å²) in [7, 11) is 1.59. The van der Waals surface area contributed by atoms with E-state index in [-0.39, 0.29) is 5.91 Å². The van der Waals surface area contributed by atoms with Gasteiger partial charge in [-0.2, -0.15) is 0 Å². The fourth-order valence-electron chi connectivity index (χ4n) is 1.93. The second kappa shape index (κ2) is 6.06. The number of aryl methyl sites for hydroxylation is 1. The Hall–Kier alpha value is -2.56. The van der Waals surface area contributed by atoms with Gasteiger partial charge in [-0.25, -0.2) is 0 Å². The molecule has 0 bridgehead atoms. The molecule has 0 aliphatic carbocycles. The van der Waals surface area contributed by atoms with Crippen LogP contribution in [0.4, 0.5) is 5.69 Å². The number of nitrogens with two attached hydrogens (primary N) is 1. The number of carbonyl (C=O) groups is 1. The molecule has 1 aromatic carbocycles. The van der Waals surface area contributed by atoms with Gasteiger partial charge in [0, 0.05) is 29.7 Å². The Morgan fingerprint density at radius 2 is 2.20 bits per heavy atom. The van der Waals surface area contributed by atoms with Crippen LogP contribution in [-0.4, -0.2) is 18.0 Å². The van der Waals surface area contributed by atoms with Gasteiger partial charge in [0.2, 0.25) is 0 Å². The maximum absolute atomic E-state index is 12.1. The first kappa shape index (κ1) is 13.9. The Morgan fingerprint density at radius 3 is 2.90 bits per heavy atom. The standard InChI is InChI=1S/C15H17N3O2/c1-10-13(4-3-7-17-10)15(19)18-9-11-8-12(16)5-6-14(11)20-2/h3-8H,9,16H2,1-2H3,(H,18,19). The second-order valence-electron chi connectivity index (χ2n) is 4.39. The van der Waals surface area contributed by atoms with Gasteiger partial charge in [-0.15, -0.1) is 0 Å². The van der Waals surface area contributed by atoms with Crippen molar-refractivity contribution in [1.82, 2.24) is 10.3 Å². The molecule has 3 N–H and O–H groups in total. The highest BCUT2D eigenvalue weighted by molar-refractivity contribution is 5.95. The fourth-order valence-corrected chi connectivity index (χ4v) is 1.93. The van der Waals surface area contributed by atoms with Crippen molar-refractivity contribution in [3.8, 4) is 5.75 Å². The van der Waals surface area contributed by atoms with Gasteiger partial charge in [-0.05, 0) is 37.3 Å². The molecule has 2 aromatic rings. The highest BCUT2D eigenvalue weighted by Gasteiger charge is 2.10. The number of ether oxygens (including phenoxy) is 1. The number of nitrogens with zero attached hydrogens (tertiary/aromatic N) is 1. The molecule has 1 aromatic heterocycles. The van der Waals surface area contributed by atoms with Crippen molar-refractivity contribution in [2.75, 3.05) is 12.8 Å². The quantitative estimate of drug-likeness (QED) is 0.833. The number of nitrogens with one attached hydrogen (secondary N) is 1. The van der Waals surface area contributed by atoms with Gasteiger partial charge in [-0.1, -0.05) is 0 Å². The predicted octanol–water partition coefficient (Wildman–Crippen LogP) is 1.91. The van der Waals surface area contributed by atoms with Gasteiger partial charge >= 0.3 is 0 Å². The maximum Gasteiger partial charge on any atom is 0.253 e. The molecular formula is C15H17N3O2. The van der Waals surface area contributed by atoms with Crippen LogP contribution in [0.15, 0.2) is 36.5 Å². The van der Waals surface area contributed by atoms with Crippen molar-refractivity contribution in [3.63, 3.8) is 0 Å². The van der Waals surface area contributed by atoms with Crippen LogP contribution < -0.4 is 15.8 Å². The van der Waals surface area contributed by atoms with Crippen LogP contribution in [0.1, 0.15) is 21.6 Å². The Bertz CT molecular complexity index is 626. The minimum Gasteiger partial charge on any atom is -0.496 e. The number of nitrogen functional groups attached to an aromatic ring is 1. The monoisotopic (exact) mass is 271 g/mol. The van der Waals surface area contributed by atoms with Gasteiger partial charge < -0.3 is 15.8 Å². The topological polar surface area (TPSA) is 77.2 Å². The number of pyridine rings is 1. The summed E-state index contributed by atoms with van der Waals surface area (Å²) >= 11 is 0. The molecule has 20 heavy (non-hydrogen) atoms. The van der Waals surface area contributed by atoms with Crippen LogP contribution in [0.2, 0.25) is 0 Å². The average molecular weight is 271 g/mol. The van der Waals surface area contributed by atoms with Crippen molar-refractivity contribution >= 4 is 11.6 Å². The Morgan fingerprint density at radius 1 is 1.40 bits per heavy atom. The summed E-state index contributed by atoms with van der Waals surface area (Å²) in [5.74, 6) is 0.530. The minimum absolute atomic E-state index is 0.167. The molecule has 5 nitrogen and oxygen atoms in total. The number of carbonyl (C=O) groups excluding carboxylic acids is 1. The summed E-state index contributed by atoms with van der Waals surface area (Å²) in [5.41, 5.74) is 8.48. The number of aromatic nitrogens is 1. The molecule has 0 unspecified atom stereocenters. The average Bonchev–Trinajstić information content (AvgIpc) is 2.45. The molecule has 104 valence electrons. The van der Waals surface area contributed by atoms with Crippen molar-refractivity contribution in [2.45, 2.75) is 13.5 Å². The molecule has 0 saturated heterocycles. The number of methoxy groups -OCH3 is 1. The van der Waals surface area contributed by atoms with Gasteiger partial charge in [0.05, 0.1) is 12.7 Å². The van der Waals surface area contributed by atoms with E-state index in [1.165, 1.54) is 0 Å². The van der Waals surface area contributed by atoms with E-state index in [1.54, 1.807) is 50.6 Å². The van der Waals surface area contributed by atoms with Gasteiger partial charge in [0.1, 0.15) is 5.75 Å². The van der Waals surface area contributed by atoms with E-state index in [0.29, 0.717) is 29.2 Å². The maximum atomic E-state index is 12.1. The number of amides is 1. The third-order valence-corrected chi connectivity index (χ3v) is 3.00. The van der Waals surface area contributed by atoms with E-state index >= 15 is 0 Å². The first-order valence-corrected chi connectivity index (χ1v) is 6.24. The minimum atomic E-state index is -0.167. The Kier molecular flexibility index (Phi) is 4.20. The van der Waals surface area contributed by atoms with E-state index in [9.17, 15) is 4.79 Å². The lowest BCUT2D eigenvalue weighted by Crippen LogP contribution is -2.24. The molecule has 0 saturated carbocycles. The van der Waals surface area contributed by atoms with Crippen LogP contribution in [-0.2, 0) is 6.54 Å². The normalized spacial score (nSPS) is 10.1. The summed E-state index contributed by atoms with van der Waals surface area (Å²) in [5, 5.41) is 2.84. The molecule has 1 amide bonds. The van der Waals surface area contributed by atoms with E-state index in [2.05, 4.69) is 10.3 Å². The summed E-state index contributed by atoms with van der Waals surface area (Å²) in [4.78, 5) is 16.2. The molecule has 0 aliphatic rings. The lowest BCUT2D eigenvalue weighted by molar-refractivity contribution is 0.0949. The van der Waals surface area contributed by atoms with Gasteiger partial charge in [0.25, 0.3) is 5.91 Å². The summed E-state index contributed by atoms with van der Waals surface area (Å²) in [6.07, 6.45) is 1.66. The number of anilines is 1. The zero-order chi connectivity index (χ0) is 14.5. The molecule has 2 rings (SSSR count). The summed E-state index contributed by atoms with van der Waals surface area (Å²) in [6, 6.07) is 8.81. The molecule has 1 heterocycles. The van der Waals surface area contributed by atoms with E-state index in [4.69, 9.17) is 10.5 Å². The van der Waals surface area contributed by atoms with E-state index in [0.717, 1.165) is 5.56 Å². The van der Waals surface area contributed by atoms with Crippen LogP contribution in [0.25, 0.3) is 0 Å². The lowest BCUT2D eigenvalue weighted by atomic mass is 10.1. The molecule has 0 fully saturated rings. The number of benzene rings is 1. The highest BCUT2D eigenvalue weighted by Crippen LogP contribution is 2.20. The third-order valence-electron chi connectivity index (χ3n) is 3.00. The number of rotatable bonds is 4. The van der Waals surface area contributed by atoms with Crippen molar-refractivity contribution in [1.29, 1.82) is 0 Å². The van der Waals surface area contributed by atoms with Gasteiger partial charge in [-0.3, -0.25) is 9.78 Å². The highest BCUT2D eigenvalue weighted by atomic mass is 16.5. The lowest BCUT2D eigenvalue weighted by Gasteiger charge is -2.11. The van der Waals surface area contributed by atoms with Crippen molar-refractivity contribution < 1.29 is 9.53 Å². The van der Waals surface area contributed by atoms with Crippen LogP contribution in [0, 0.1) is 6.92 Å². The van der Waals surface area contributed by atoms with E-state index in [1.807, 2.05) is 0 Å². The first-order chi connectivity index (χ1) is 9.61. The Labute approximate surface area is 117 Å². The molecule has 5 heteroatoms. The SMILES string of the molecule is COc1ccc(N)cc1CNC(=O)c1cccnc1C. The number of hydrogen-bond acceptors (Lipinski definition) is 4. The van der Waals surface area contributed by atoms with Crippen LogP contribution in [0.5, 0.6) is 5.75 Å². The second-order valence-corrected chi connectivity index (χ2v) is 4.39. The predicted molar refractivity (Wildman–Crippen MR) is 77.6 cm³/mol. The number of hydrogen-bond donors (Lipinski definition) is 2. The van der Waals surface area contributed by atoms with Crippen molar-refractivity contribution in [2.24, 2.45) is 0 Å². The zero-order valence-corrected chi connectivity index (χ0v) is 11.5. The zero-order valence-electron chi connectivity index (χ0n) is 11.5. The molecule has 0 radical (unpaired) electrons. The van der Waals surface area contributed by atoms with E-state index < -0.39 is 0 Å². The molecule has 0 aliphatic heterocycles. The molecule has 0 spiro atoms. The largest absolute Gasteiger partial charge is 0.496 e. The van der Waals surface area contributed by atoms with Crippen LogP contribution in [0.3, 0.4) is 0 Å².